The molecule has 0 saturated heterocycles. The predicted octanol–water partition coefficient (Wildman–Crippen LogP) is 1.38. The second kappa shape index (κ2) is 7.05. The second-order valence-corrected chi connectivity index (χ2v) is 6.62. The molecule has 1 unspecified atom stereocenters. The van der Waals surface area contributed by atoms with Gasteiger partial charge in [0.2, 0.25) is 5.96 Å². The molecular formula is C16H13IN8O2. The smallest absolute Gasteiger partial charge is 0.211 e. The van der Waals surface area contributed by atoms with Crippen molar-refractivity contribution in [3.63, 3.8) is 0 Å². The van der Waals surface area contributed by atoms with E-state index < -0.39 is 6.04 Å². The molecule has 0 radical (unpaired) electrons. The number of hydrogen-bond acceptors (Lipinski definition) is 10. The van der Waals surface area contributed by atoms with Crippen molar-refractivity contribution in [1.82, 2.24) is 10.3 Å². The minimum Gasteiger partial charge on any atom is -0.504 e. The summed E-state index contributed by atoms with van der Waals surface area (Å²) in [4.78, 5) is 8.64. The lowest BCUT2D eigenvalue weighted by Gasteiger charge is -2.26. The topological polar surface area (TPSA) is 178 Å². The van der Waals surface area contributed by atoms with Crippen LogP contribution in [0, 0.1) is 26.4 Å². The quantitative estimate of drug-likeness (QED) is 0.243. The van der Waals surface area contributed by atoms with Crippen molar-refractivity contribution < 1.29 is 9.84 Å². The van der Waals surface area contributed by atoms with Gasteiger partial charge in [-0.05, 0) is 40.3 Å². The Morgan fingerprint density at radius 1 is 1.37 bits per heavy atom. The fraction of sp³-hybridized carbons (Fsp3) is 0.125. The van der Waals surface area contributed by atoms with E-state index in [2.05, 4.69) is 20.6 Å². The van der Waals surface area contributed by atoms with Gasteiger partial charge in [-0.15, -0.1) is 0 Å². The maximum Gasteiger partial charge on any atom is 0.211 e. The summed E-state index contributed by atoms with van der Waals surface area (Å²) in [6.07, 6.45) is 1.78. The van der Waals surface area contributed by atoms with Gasteiger partial charge in [0.25, 0.3) is 0 Å². The number of hydrogen-bond donors (Lipinski definition) is 5. The van der Waals surface area contributed by atoms with Crippen LogP contribution < -0.4 is 26.8 Å². The molecule has 0 saturated carbocycles. The number of methoxy groups -OCH3 is 1. The summed E-state index contributed by atoms with van der Waals surface area (Å²) >= 11 is 1.96. The fourth-order valence-electron chi connectivity index (χ4n) is 2.73. The first-order chi connectivity index (χ1) is 12.9. The number of nitrogens with two attached hydrogens (primary N) is 2. The van der Waals surface area contributed by atoms with Crippen molar-refractivity contribution in [2.75, 3.05) is 23.9 Å². The average molecular weight is 476 g/mol. The van der Waals surface area contributed by atoms with Crippen molar-refractivity contribution >= 4 is 45.9 Å². The van der Waals surface area contributed by atoms with Gasteiger partial charge in [-0.1, -0.05) is 0 Å². The molecule has 2 heterocycles. The lowest BCUT2D eigenvalue weighted by molar-refractivity contribution is 0.371. The highest BCUT2D eigenvalue weighted by Crippen LogP contribution is 2.43. The number of pyridine rings is 1. The van der Waals surface area contributed by atoms with Gasteiger partial charge in [-0.3, -0.25) is 5.32 Å². The summed E-state index contributed by atoms with van der Waals surface area (Å²) in [5.41, 5.74) is 13.2. The Kier molecular flexibility index (Phi) is 4.79. The number of nitrogens with zero attached hydrogens (tertiary/aromatic N) is 4. The van der Waals surface area contributed by atoms with Crippen LogP contribution in [-0.4, -0.2) is 23.2 Å². The number of guanidine groups is 1. The van der Waals surface area contributed by atoms with E-state index in [4.69, 9.17) is 21.5 Å². The number of ether oxygens (including phenoxy) is 1. The molecule has 11 heteroatoms. The number of nitrogen functional groups attached to an aromatic ring is 2. The van der Waals surface area contributed by atoms with Crippen molar-refractivity contribution in [2.24, 2.45) is 4.99 Å². The summed E-state index contributed by atoms with van der Waals surface area (Å²) in [6, 6.07) is 4.54. The molecule has 27 heavy (non-hydrogen) atoms. The second-order valence-electron chi connectivity index (χ2n) is 5.46. The third kappa shape index (κ3) is 3.09. The molecule has 7 N–H and O–H groups in total. The van der Waals surface area contributed by atoms with Crippen LogP contribution in [0.3, 0.4) is 0 Å². The number of anilines is 3. The lowest BCUT2D eigenvalue weighted by Crippen LogP contribution is -2.32. The highest BCUT2D eigenvalue weighted by molar-refractivity contribution is 14.1. The molecule has 0 fully saturated rings. The standard InChI is InChI=1S/C16H13IN8O2/c1-27-9-3-6(2-8(17)13(9)26)12-10-11(20)7(4-18)14(21)24-15(10)25-16(23-12)22-5-19/h2-3,12,26H,1H3,(H6,20,21,22,23,24,25). The largest absolute Gasteiger partial charge is 0.504 e. The van der Waals surface area contributed by atoms with Crippen LogP contribution in [0.1, 0.15) is 22.7 Å². The first kappa shape index (κ1) is 18.3. The molecule has 3 rings (SSSR count). The Morgan fingerprint density at radius 2 is 2.11 bits per heavy atom. The molecule has 2 aromatic rings. The Balaban J connectivity index is 2.28. The van der Waals surface area contributed by atoms with E-state index >= 15 is 0 Å². The number of fused-ring (bicyclic) bond motifs is 1. The fourth-order valence-corrected chi connectivity index (χ4v) is 3.35. The number of phenols is 1. The minimum absolute atomic E-state index is 0.00326. The molecular weight excluding hydrogens is 463 g/mol. The average Bonchev–Trinajstić information content (AvgIpc) is 2.63. The van der Waals surface area contributed by atoms with Crippen molar-refractivity contribution in [3.05, 3.63) is 32.4 Å². The maximum absolute atomic E-state index is 10.1. The number of nitrogens with one attached hydrogen (secondary N) is 2. The molecule has 0 amide bonds. The predicted molar refractivity (Wildman–Crippen MR) is 107 cm³/mol. The summed E-state index contributed by atoms with van der Waals surface area (Å²) in [6.45, 7) is 0. The Bertz CT molecular complexity index is 1050. The highest BCUT2D eigenvalue weighted by Gasteiger charge is 2.30. The number of aromatic nitrogens is 1. The monoisotopic (exact) mass is 476 g/mol. The third-order valence-electron chi connectivity index (χ3n) is 3.94. The van der Waals surface area contributed by atoms with Crippen LogP contribution in [0.4, 0.5) is 17.3 Å². The molecule has 10 nitrogen and oxygen atoms in total. The molecule has 136 valence electrons. The van der Waals surface area contributed by atoms with E-state index in [1.165, 1.54) is 7.11 Å². The molecule has 1 atom stereocenters. The Hall–Kier alpha value is -3.45. The first-order valence-corrected chi connectivity index (χ1v) is 8.54. The van der Waals surface area contributed by atoms with Crippen LogP contribution in [0.2, 0.25) is 0 Å². The Labute approximate surface area is 167 Å². The van der Waals surface area contributed by atoms with E-state index in [0.717, 1.165) is 0 Å². The third-order valence-corrected chi connectivity index (χ3v) is 4.77. The van der Waals surface area contributed by atoms with E-state index in [1.54, 1.807) is 18.3 Å². The van der Waals surface area contributed by atoms with Gasteiger partial charge < -0.3 is 26.6 Å². The molecule has 0 aliphatic carbocycles. The molecule has 1 aliphatic rings. The molecule has 1 aromatic heterocycles. The van der Waals surface area contributed by atoms with Gasteiger partial charge in [-0.2, -0.15) is 10.5 Å². The van der Waals surface area contributed by atoms with Gasteiger partial charge in [0.05, 0.1) is 16.4 Å². The summed E-state index contributed by atoms with van der Waals surface area (Å²) in [5.74, 6) is 0.647. The normalized spacial score (nSPS) is 14.8. The van der Waals surface area contributed by atoms with Crippen LogP contribution in [0.25, 0.3) is 0 Å². The van der Waals surface area contributed by atoms with Crippen LogP contribution in [-0.2, 0) is 0 Å². The molecule has 0 spiro atoms. The first-order valence-electron chi connectivity index (χ1n) is 7.46. The maximum atomic E-state index is 10.1. The van der Waals surface area contributed by atoms with Gasteiger partial charge in [-0.25, -0.2) is 9.98 Å². The highest BCUT2D eigenvalue weighted by atomic mass is 127. The summed E-state index contributed by atoms with van der Waals surface area (Å²) < 4.78 is 5.74. The molecule has 1 aromatic carbocycles. The number of rotatable bonds is 2. The number of phenolic OH excluding ortho intramolecular Hbond substituents is 1. The SMILES string of the molecule is COc1cc(C2N=C(NC#N)Nc3nc(N)c(C#N)c(N)c32)cc(I)c1O. The molecule has 1 aliphatic heterocycles. The molecule has 0 bridgehead atoms. The van der Waals surface area contributed by atoms with Gasteiger partial charge in [0, 0.05) is 5.56 Å². The number of aliphatic imine (C=N–C) groups is 1. The summed E-state index contributed by atoms with van der Waals surface area (Å²) in [5, 5.41) is 33.6. The Morgan fingerprint density at radius 3 is 2.74 bits per heavy atom. The van der Waals surface area contributed by atoms with Crippen molar-refractivity contribution in [1.29, 1.82) is 10.5 Å². The van der Waals surface area contributed by atoms with E-state index in [-0.39, 0.29) is 40.3 Å². The van der Waals surface area contributed by atoms with Crippen molar-refractivity contribution in [2.45, 2.75) is 6.04 Å². The van der Waals surface area contributed by atoms with E-state index in [1.807, 2.05) is 28.7 Å². The zero-order chi connectivity index (χ0) is 19.7. The lowest BCUT2D eigenvalue weighted by atomic mass is 9.95. The summed E-state index contributed by atoms with van der Waals surface area (Å²) in [7, 11) is 1.43. The van der Waals surface area contributed by atoms with Crippen LogP contribution >= 0.6 is 22.6 Å². The van der Waals surface area contributed by atoms with Crippen LogP contribution in [0.15, 0.2) is 17.1 Å². The minimum atomic E-state index is -0.708. The van der Waals surface area contributed by atoms with Gasteiger partial charge in [0.1, 0.15) is 29.3 Å². The number of nitriles is 2. The van der Waals surface area contributed by atoms with E-state index in [9.17, 15) is 10.4 Å². The van der Waals surface area contributed by atoms with Crippen molar-refractivity contribution in [3.8, 4) is 23.8 Å². The zero-order valence-corrected chi connectivity index (χ0v) is 16.1. The number of benzene rings is 1. The number of halogens is 1. The zero-order valence-electron chi connectivity index (χ0n) is 13.9. The van der Waals surface area contributed by atoms with Crippen LogP contribution in [0.5, 0.6) is 11.5 Å². The van der Waals surface area contributed by atoms with Gasteiger partial charge in [0.15, 0.2) is 17.7 Å². The van der Waals surface area contributed by atoms with Gasteiger partial charge >= 0.3 is 0 Å². The van der Waals surface area contributed by atoms with E-state index in [0.29, 0.717) is 14.7 Å². The number of aromatic hydroxyl groups is 1.